The van der Waals surface area contributed by atoms with Gasteiger partial charge in [0.1, 0.15) is 1.28 Å². The van der Waals surface area contributed by atoms with Gasteiger partial charge in [-0.25, -0.2) is 18.2 Å². The van der Waals surface area contributed by atoms with Crippen molar-refractivity contribution in [3.8, 4) is 0 Å². The van der Waals surface area contributed by atoms with E-state index in [4.69, 9.17) is 11.1 Å². The lowest BCUT2D eigenvalue weighted by Crippen LogP contribution is -1.99. The molecule has 11 nitrogen and oxygen atoms in total. The van der Waals surface area contributed by atoms with E-state index in [-0.39, 0.29) is 33.7 Å². The average Bonchev–Trinajstić information content (AvgIpc) is 2.37. The molecule has 0 aliphatic carbocycles. The minimum atomic E-state index is -5.24. The summed E-state index contributed by atoms with van der Waals surface area (Å²) in [4.78, 5) is 38.1. The van der Waals surface area contributed by atoms with Gasteiger partial charge in [-0.3, -0.25) is 13.9 Å². The number of amides is 1. The molecule has 0 radical (unpaired) electrons. The Labute approximate surface area is 150 Å². The average molecular weight is 465 g/mol. The third-order valence-corrected chi connectivity index (χ3v) is 8.57. The van der Waals surface area contributed by atoms with Crippen LogP contribution in [0.15, 0.2) is 4.74 Å². The molecule has 17 heteroatoms. The molecule has 0 aromatic rings. The summed E-state index contributed by atoms with van der Waals surface area (Å²) in [5.74, 6) is 0.486. The molecule has 24 heavy (non-hydrogen) atoms. The van der Waals surface area contributed by atoms with Crippen molar-refractivity contribution in [2.75, 3.05) is 24.8 Å². The van der Waals surface area contributed by atoms with Gasteiger partial charge in [-0.05, 0) is 15.4 Å². The Morgan fingerprint density at radius 1 is 1.17 bits per heavy atom. The van der Waals surface area contributed by atoms with Crippen LogP contribution in [0.4, 0.5) is 0 Å². The molecule has 0 aromatic carbocycles. The van der Waals surface area contributed by atoms with Crippen LogP contribution in [0, 0.1) is 0 Å². The summed E-state index contributed by atoms with van der Waals surface area (Å²) in [7, 11) is -12.0. The van der Waals surface area contributed by atoms with Crippen molar-refractivity contribution in [3.63, 3.8) is 0 Å². The van der Waals surface area contributed by atoms with E-state index in [2.05, 4.69) is 17.9 Å². The second-order valence-corrected chi connectivity index (χ2v) is 11.9. The quantitative estimate of drug-likeness (QED) is 0.207. The first-order valence-corrected chi connectivity index (χ1v) is 13.9. The Bertz CT molecular complexity index is 600. The number of carbonyl (C=O) groups excluding carboxylic acids is 1. The number of phosphoric acid groups is 2. The smallest absolute Gasteiger partial charge is 0.324 e. The fraction of sp³-hybridized carbons (Fsp3) is 0.857. The van der Waals surface area contributed by atoms with E-state index in [0.29, 0.717) is 18.8 Å². The molecule has 0 aliphatic heterocycles. The van der Waals surface area contributed by atoms with Crippen molar-refractivity contribution in [2.45, 2.75) is 12.8 Å². The largest absolute Gasteiger partial charge is 0.488 e. The van der Waals surface area contributed by atoms with E-state index in [1.54, 1.807) is 0 Å². The standard InChI is InChI=1S/C7H17NO10P4S2/c1-20(10,11)17-22(14,15)18-21(12,13)16-4-6-24-23-5-2-3-7(9)8-19/h19H,2-6H2,1H3,(H,10,11)(H,12,13)(H,14,15)/i19T. The predicted molar refractivity (Wildman–Crippen MR) is 93.4 cm³/mol. The van der Waals surface area contributed by atoms with Crippen molar-refractivity contribution < 1.29 is 46.3 Å². The number of hydrogen-bond acceptors (Lipinski definition) is 9. The van der Waals surface area contributed by atoms with Crippen LogP contribution in [0.3, 0.4) is 0 Å². The molecule has 0 aliphatic rings. The summed E-state index contributed by atoms with van der Waals surface area (Å²) in [6.45, 7) is 0.296. The van der Waals surface area contributed by atoms with Gasteiger partial charge in [0.2, 0.25) is 5.91 Å². The fourth-order valence-electron chi connectivity index (χ4n) is 0.997. The first-order chi connectivity index (χ1) is 11.4. The topological polar surface area (TPSA) is 169 Å². The summed E-state index contributed by atoms with van der Waals surface area (Å²) in [5.41, 5.74) is 0. The third kappa shape index (κ3) is 15.2. The van der Waals surface area contributed by atoms with Crippen molar-refractivity contribution in [1.29, 1.82) is 1.28 Å². The predicted octanol–water partition coefficient (Wildman–Crippen LogP) is 3.07. The van der Waals surface area contributed by atoms with Crippen LogP contribution in [0.5, 0.6) is 0 Å². The molecule has 0 aromatic heterocycles. The SMILES string of the molecule is [3H]P=NC(=O)CCCSSCCOP(=O)(O)OP(=O)(O)OP(C)(=O)O. The van der Waals surface area contributed by atoms with E-state index in [0.717, 1.165) is 0 Å². The molecule has 3 unspecified atom stereocenters. The molecule has 3 N–H and O–H groups in total. The highest BCUT2D eigenvalue weighted by Crippen LogP contribution is 2.66. The monoisotopic (exact) mass is 465 g/mol. The fourth-order valence-corrected chi connectivity index (χ4v) is 6.61. The highest BCUT2D eigenvalue weighted by Gasteiger charge is 2.39. The molecule has 0 spiro atoms. The molecule has 0 saturated heterocycles. The van der Waals surface area contributed by atoms with Gasteiger partial charge >= 0.3 is 23.2 Å². The molecule has 0 bridgehead atoms. The van der Waals surface area contributed by atoms with Gasteiger partial charge in [0.15, 0.2) is 0 Å². The van der Waals surface area contributed by atoms with E-state index >= 15 is 0 Å². The molecule has 0 fully saturated rings. The van der Waals surface area contributed by atoms with E-state index in [1.807, 2.05) is 0 Å². The van der Waals surface area contributed by atoms with E-state index in [1.165, 1.54) is 21.6 Å². The van der Waals surface area contributed by atoms with Crippen LogP contribution >= 0.6 is 53.8 Å². The van der Waals surface area contributed by atoms with Gasteiger partial charge in [0.25, 0.3) is 0 Å². The maximum Gasteiger partial charge on any atom is 0.488 e. The van der Waals surface area contributed by atoms with Crippen molar-refractivity contribution in [1.82, 2.24) is 0 Å². The summed E-state index contributed by atoms with van der Waals surface area (Å²) >= 11 is 0. The zero-order valence-electron chi connectivity index (χ0n) is 13.3. The number of rotatable bonds is 13. The Balaban J connectivity index is 3.93. The Morgan fingerprint density at radius 3 is 2.38 bits per heavy atom. The maximum atomic E-state index is 11.4. The zero-order chi connectivity index (χ0) is 19.6. The summed E-state index contributed by atoms with van der Waals surface area (Å²) in [5, 5.41) is 0. The van der Waals surface area contributed by atoms with Crippen LogP contribution < -0.4 is 0 Å². The Kier molecular flexibility index (Phi) is 11.1. The molecule has 0 rings (SSSR count). The summed E-state index contributed by atoms with van der Waals surface area (Å²) in [6, 6.07) is 0. The van der Waals surface area contributed by atoms with E-state index in [9.17, 15) is 23.4 Å². The Morgan fingerprint density at radius 2 is 1.79 bits per heavy atom. The highest BCUT2D eigenvalue weighted by atomic mass is 33.1. The summed E-state index contributed by atoms with van der Waals surface area (Å²) < 4.78 is 55.7. The van der Waals surface area contributed by atoms with Crippen molar-refractivity contribution in [3.05, 3.63) is 0 Å². The highest BCUT2D eigenvalue weighted by molar-refractivity contribution is 8.76. The Hall–Kier alpha value is 0.920. The molecule has 0 saturated carbocycles. The molecule has 0 heterocycles. The number of nitrogens with zero attached hydrogens (tertiary/aromatic N) is 1. The first kappa shape index (κ1) is 23.0. The molecular weight excluding hydrogens is 446 g/mol. The van der Waals surface area contributed by atoms with Crippen LogP contribution in [-0.2, 0) is 31.6 Å². The lowest BCUT2D eigenvalue weighted by atomic mass is 10.3. The van der Waals surface area contributed by atoms with Gasteiger partial charge < -0.3 is 14.7 Å². The summed E-state index contributed by atoms with van der Waals surface area (Å²) in [6.07, 6.45) is 0.787. The molecule has 1 amide bonds. The second kappa shape index (κ2) is 11.6. The molecule has 142 valence electrons. The minimum absolute atomic E-state index is 0.0762. The maximum absolute atomic E-state index is 11.4. The van der Waals surface area contributed by atoms with Gasteiger partial charge in [-0.2, -0.15) is 4.31 Å². The van der Waals surface area contributed by atoms with E-state index < -0.39 is 23.2 Å². The second-order valence-electron chi connectivity index (χ2n) is 3.98. The number of hydrogen-bond donors (Lipinski definition) is 3. The van der Waals surface area contributed by atoms with Gasteiger partial charge in [-0.1, -0.05) is 21.6 Å². The normalized spacial score (nSPS) is 20.1. The lowest BCUT2D eigenvalue weighted by Gasteiger charge is -2.16. The van der Waals surface area contributed by atoms with Crippen molar-refractivity contribution in [2.24, 2.45) is 4.74 Å². The van der Waals surface area contributed by atoms with Crippen LogP contribution in [0.25, 0.3) is 0 Å². The van der Waals surface area contributed by atoms with Gasteiger partial charge in [0.05, 0.1) is 6.61 Å². The van der Waals surface area contributed by atoms with Crippen LogP contribution in [0.2, 0.25) is 0 Å². The van der Waals surface area contributed by atoms with Gasteiger partial charge in [-0.15, -0.1) is 0 Å². The number of carbonyl (C=O) groups is 1. The lowest BCUT2D eigenvalue weighted by molar-refractivity contribution is -0.117. The molecular formula is C7H17NO10P4S2. The number of phosphoric ester groups is 1. The third-order valence-electron chi connectivity index (χ3n) is 1.70. The van der Waals surface area contributed by atoms with Crippen LogP contribution in [-0.4, -0.2) is 46.6 Å². The van der Waals surface area contributed by atoms with Crippen molar-refractivity contribution >= 4 is 59.7 Å². The van der Waals surface area contributed by atoms with Gasteiger partial charge in [0, 0.05) is 24.6 Å². The van der Waals surface area contributed by atoms with Crippen LogP contribution in [0.1, 0.15) is 12.8 Å². The zero-order valence-corrected chi connectivity index (χ0v) is 17.5. The minimum Gasteiger partial charge on any atom is -0.324 e. The molecule has 3 atom stereocenters. The first-order valence-electron chi connectivity index (χ1n) is 6.47.